The van der Waals surface area contributed by atoms with Gasteiger partial charge in [0.25, 0.3) is 0 Å². The van der Waals surface area contributed by atoms with Gasteiger partial charge in [0, 0.05) is 12.6 Å². The first kappa shape index (κ1) is 10.0. The summed E-state index contributed by atoms with van der Waals surface area (Å²) in [7, 11) is 0. The average molecular weight is 170 g/mol. The van der Waals surface area contributed by atoms with Gasteiger partial charge in [0.05, 0.1) is 0 Å². The lowest BCUT2D eigenvalue weighted by Gasteiger charge is -2.24. The molecule has 0 spiro atoms. The normalized spacial score (nSPS) is 24.8. The highest BCUT2D eigenvalue weighted by Crippen LogP contribution is 2.02. The second-order valence-electron chi connectivity index (χ2n) is 4.18. The van der Waals surface area contributed by atoms with Crippen LogP contribution in [0.2, 0.25) is 0 Å². The van der Waals surface area contributed by atoms with Gasteiger partial charge in [-0.05, 0) is 38.3 Å². The molecule has 2 N–H and O–H groups in total. The maximum atomic E-state index is 3.59. The van der Waals surface area contributed by atoms with Gasteiger partial charge in [-0.1, -0.05) is 13.8 Å². The Bertz CT molecular complexity index is 106. The second kappa shape index (κ2) is 5.55. The van der Waals surface area contributed by atoms with Crippen LogP contribution in [0.1, 0.15) is 33.1 Å². The minimum Gasteiger partial charge on any atom is -0.315 e. The molecule has 0 saturated carbocycles. The Kier molecular flexibility index (Phi) is 4.62. The fraction of sp³-hybridized carbons (Fsp3) is 1.00. The van der Waals surface area contributed by atoms with Crippen LogP contribution >= 0.6 is 0 Å². The fourth-order valence-electron chi connectivity index (χ4n) is 1.60. The van der Waals surface area contributed by atoms with Gasteiger partial charge < -0.3 is 10.6 Å². The molecule has 1 atom stereocenters. The largest absolute Gasteiger partial charge is 0.315 e. The van der Waals surface area contributed by atoms with Crippen molar-refractivity contribution in [2.75, 3.05) is 19.6 Å². The van der Waals surface area contributed by atoms with E-state index in [4.69, 9.17) is 0 Å². The Morgan fingerprint density at radius 3 is 2.92 bits per heavy atom. The molecule has 1 unspecified atom stereocenters. The lowest BCUT2D eigenvalue weighted by molar-refractivity contribution is 0.379. The molecular weight excluding hydrogens is 148 g/mol. The van der Waals surface area contributed by atoms with Crippen molar-refractivity contribution in [3.05, 3.63) is 0 Å². The van der Waals surface area contributed by atoms with Crippen molar-refractivity contribution in [2.45, 2.75) is 39.2 Å². The lowest BCUT2D eigenvalue weighted by Crippen LogP contribution is -2.43. The van der Waals surface area contributed by atoms with Gasteiger partial charge in [-0.25, -0.2) is 0 Å². The Balaban J connectivity index is 1.98. The summed E-state index contributed by atoms with van der Waals surface area (Å²) in [5.74, 6) is 0.828. The first-order valence-electron chi connectivity index (χ1n) is 5.23. The highest BCUT2D eigenvalue weighted by molar-refractivity contribution is 4.74. The summed E-state index contributed by atoms with van der Waals surface area (Å²) in [5.41, 5.74) is 0. The third-order valence-corrected chi connectivity index (χ3v) is 2.45. The molecule has 1 aliphatic heterocycles. The molecule has 0 aromatic carbocycles. The molecule has 72 valence electrons. The molecule has 1 aliphatic rings. The highest BCUT2D eigenvalue weighted by Gasteiger charge is 2.11. The van der Waals surface area contributed by atoms with E-state index >= 15 is 0 Å². The zero-order valence-corrected chi connectivity index (χ0v) is 8.40. The van der Waals surface area contributed by atoms with Crippen molar-refractivity contribution in [1.29, 1.82) is 0 Å². The Labute approximate surface area is 76.1 Å². The first-order valence-corrected chi connectivity index (χ1v) is 5.23. The van der Waals surface area contributed by atoms with E-state index in [0.717, 1.165) is 18.5 Å². The average Bonchev–Trinajstić information content (AvgIpc) is 2.05. The number of hydrogen-bond acceptors (Lipinski definition) is 2. The molecule has 1 saturated heterocycles. The molecule has 0 amide bonds. The van der Waals surface area contributed by atoms with Crippen LogP contribution in [0.5, 0.6) is 0 Å². The van der Waals surface area contributed by atoms with E-state index in [1.807, 2.05) is 0 Å². The van der Waals surface area contributed by atoms with E-state index in [1.165, 1.54) is 32.4 Å². The Morgan fingerprint density at radius 2 is 2.33 bits per heavy atom. The molecule has 0 bridgehead atoms. The predicted octanol–water partition coefficient (Wildman–Crippen LogP) is 1.37. The van der Waals surface area contributed by atoms with Gasteiger partial charge in [-0.3, -0.25) is 0 Å². The van der Waals surface area contributed by atoms with E-state index in [0.29, 0.717) is 0 Å². The molecule has 1 heterocycles. The van der Waals surface area contributed by atoms with E-state index in [1.54, 1.807) is 0 Å². The molecule has 1 fully saturated rings. The van der Waals surface area contributed by atoms with E-state index in [2.05, 4.69) is 24.5 Å². The van der Waals surface area contributed by atoms with E-state index in [9.17, 15) is 0 Å². The second-order valence-corrected chi connectivity index (χ2v) is 4.18. The predicted molar refractivity (Wildman–Crippen MR) is 53.3 cm³/mol. The third kappa shape index (κ3) is 4.07. The van der Waals surface area contributed by atoms with Crippen molar-refractivity contribution in [3.63, 3.8) is 0 Å². The summed E-state index contributed by atoms with van der Waals surface area (Å²) in [6, 6.07) is 0.734. The van der Waals surface area contributed by atoms with Crippen LogP contribution in [0.15, 0.2) is 0 Å². The summed E-state index contributed by atoms with van der Waals surface area (Å²) in [4.78, 5) is 0. The SMILES string of the molecule is CC(C)CCNC1CCCNC1. The summed E-state index contributed by atoms with van der Waals surface area (Å²) < 4.78 is 0. The van der Waals surface area contributed by atoms with Gasteiger partial charge in [0.2, 0.25) is 0 Å². The van der Waals surface area contributed by atoms with Crippen LogP contribution in [-0.4, -0.2) is 25.7 Å². The maximum absolute atomic E-state index is 3.59. The minimum absolute atomic E-state index is 0.734. The van der Waals surface area contributed by atoms with Crippen molar-refractivity contribution in [1.82, 2.24) is 10.6 Å². The van der Waals surface area contributed by atoms with Crippen LogP contribution in [-0.2, 0) is 0 Å². The molecule has 0 aromatic heterocycles. The smallest absolute Gasteiger partial charge is 0.0192 e. The number of nitrogens with one attached hydrogen (secondary N) is 2. The van der Waals surface area contributed by atoms with E-state index < -0.39 is 0 Å². The zero-order chi connectivity index (χ0) is 8.81. The monoisotopic (exact) mass is 170 g/mol. The van der Waals surface area contributed by atoms with Crippen molar-refractivity contribution < 1.29 is 0 Å². The van der Waals surface area contributed by atoms with Crippen molar-refractivity contribution in [3.8, 4) is 0 Å². The topological polar surface area (TPSA) is 24.1 Å². The quantitative estimate of drug-likeness (QED) is 0.666. The van der Waals surface area contributed by atoms with Crippen LogP contribution in [0, 0.1) is 5.92 Å². The van der Waals surface area contributed by atoms with Crippen molar-refractivity contribution in [2.24, 2.45) is 5.92 Å². The van der Waals surface area contributed by atoms with Gasteiger partial charge in [0.15, 0.2) is 0 Å². The Morgan fingerprint density at radius 1 is 1.50 bits per heavy atom. The first-order chi connectivity index (χ1) is 5.79. The summed E-state index contributed by atoms with van der Waals surface area (Å²) in [6.07, 6.45) is 3.99. The van der Waals surface area contributed by atoms with Crippen LogP contribution in [0.3, 0.4) is 0 Å². The maximum Gasteiger partial charge on any atom is 0.0192 e. The van der Waals surface area contributed by atoms with Gasteiger partial charge in [-0.2, -0.15) is 0 Å². The number of rotatable bonds is 4. The summed E-state index contributed by atoms with van der Waals surface area (Å²) >= 11 is 0. The number of piperidine rings is 1. The molecule has 0 aliphatic carbocycles. The molecule has 2 heteroatoms. The summed E-state index contributed by atoms with van der Waals surface area (Å²) in [6.45, 7) is 8.12. The van der Waals surface area contributed by atoms with Gasteiger partial charge in [-0.15, -0.1) is 0 Å². The standard InChI is InChI=1S/C10H22N2/c1-9(2)5-7-12-10-4-3-6-11-8-10/h9-12H,3-8H2,1-2H3. The Hall–Kier alpha value is -0.0800. The van der Waals surface area contributed by atoms with Gasteiger partial charge in [0.1, 0.15) is 0 Å². The molecule has 0 radical (unpaired) electrons. The zero-order valence-electron chi connectivity index (χ0n) is 8.40. The molecule has 12 heavy (non-hydrogen) atoms. The third-order valence-electron chi connectivity index (χ3n) is 2.45. The molecule has 0 aromatic rings. The molecular formula is C10H22N2. The molecule has 1 rings (SSSR count). The van der Waals surface area contributed by atoms with Crippen LogP contribution in [0.25, 0.3) is 0 Å². The highest BCUT2D eigenvalue weighted by atomic mass is 15.0. The fourth-order valence-corrected chi connectivity index (χ4v) is 1.60. The molecule has 2 nitrogen and oxygen atoms in total. The van der Waals surface area contributed by atoms with Gasteiger partial charge >= 0.3 is 0 Å². The lowest BCUT2D eigenvalue weighted by atomic mass is 10.1. The number of hydrogen-bond donors (Lipinski definition) is 2. The van der Waals surface area contributed by atoms with Crippen LogP contribution in [0.4, 0.5) is 0 Å². The van der Waals surface area contributed by atoms with Crippen LogP contribution < -0.4 is 10.6 Å². The summed E-state index contributed by atoms with van der Waals surface area (Å²) in [5, 5.41) is 7.00. The van der Waals surface area contributed by atoms with Crippen molar-refractivity contribution >= 4 is 0 Å². The minimum atomic E-state index is 0.734. The van der Waals surface area contributed by atoms with E-state index in [-0.39, 0.29) is 0 Å².